The van der Waals surface area contributed by atoms with Crippen molar-refractivity contribution in [2.75, 3.05) is 17.6 Å². The zero-order chi connectivity index (χ0) is 20.5. The standard InChI is InChI=1S/C21H18N8O/c22-13-4-3-6-15(10-13)29-19-16(18-17(20(29)30)12-26-28-18)11-25-21(27-19)24-9-7-14-5-1-2-8-23-14/h1-6,8,10-12H,7,9,22H2,(H,26,28)(H,24,25,27). The number of H-pyrrole nitrogens is 1. The average Bonchev–Trinajstić information content (AvgIpc) is 3.25. The quantitative estimate of drug-likeness (QED) is 0.388. The molecular formula is C21H18N8O. The summed E-state index contributed by atoms with van der Waals surface area (Å²) in [6.07, 6.45) is 5.69. The Hall–Kier alpha value is -4.27. The maximum absolute atomic E-state index is 13.2. The second kappa shape index (κ2) is 7.28. The highest BCUT2D eigenvalue weighted by Crippen LogP contribution is 2.23. The van der Waals surface area contributed by atoms with Crippen molar-refractivity contribution in [3.8, 4) is 5.69 Å². The van der Waals surface area contributed by atoms with Crippen LogP contribution < -0.4 is 16.6 Å². The predicted molar refractivity (Wildman–Crippen MR) is 116 cm³/mol. The smallest absolute Gasteiger partial charge is 0.267 e. The van der Waals surface area contributed by atoms with E-state index in [1.165, 1.54) is 10.8 Å². The van der Waals surface area contributed by atoms with E-state index in [-0.39, 0.29) is 5.56 Å². The first-order valence-corrected chi connectivity index (χ1v) is 9.45. The Morgan fingerprint density at radius 3 is 2.83 bits per heavy atom. The molecule has 0 spiro atoms. The largest absolute Gasteiger partial charge is 0.399 e. The number of anilines is 2. The van der Waals surface area contributed by atoms with Gasteiger partial charge in [-0.1, -0.05) is 12.1 Å². The van der Waals surface area contributed by atoms with Crippen LogP contribution in [0.4, 0.5) is 11.6 Å². The number of nitrogens with one attached hydrogen (secondary N) is 2. The van der Waals surface area contributed by atoms with Crippen molar-refractivity contribution in [3.05, 3.63) is 77.1 Å². The number of nitrogen functional groups attached to an aromatic ring is 1. The third kappa shape index (κ3) is 3.12. The molecule has 0 saturated carbocycles. The van der Waals surface area contributed by atoms with Crippen LogP contribution in [0.1, 0.15) is 5.69 Å². The summed E-state index contributed by atoms with van der Waals surface area (Å²) in [5, 5.41) is 11.3. The minimum atomic E-state index is -0.227. The maximum Gasteiger partial charge on any atom is 0.267 e. The van der Waals surface area contributed by atoms with Crippen LogP contribution >= 0.6 is 0 Å². The number of pyridine rings is 2. The van der Waals surface area contributed by atoms with Crippen molar-refractivity contribution in [2.45, 2.75) is 6.42 Å². The van der Waals surface area contributed by atoms with Crippen LogP contribution in [0, 0.1) is 0 Å². The molecule has 30 heavy (non-hydrogen) atoms. The molecule has 0 radical (unpaired) electrons. The van der Waals surface area contributed by atoms with Crippen molar-refractivity contribution in [2.24, 2.45) is 0 Å². The van der Waals surface area contributed by atoms with E-state index >= 15 is 0 Å². The Morgan fingerprint density at radius 2 is 2.00 bits per heavy atom. The first-order chi connectivity index (χ1) is 14.7. The van der Waals surface area contributed by atoms with Gasteiger partial charge in [-0.25, -0.2) is 4.98 Å². The number of rotatable bonds is 5. The van der Waals surface area contributed by atoms with Gasteiger partial charge in [0.25, 0.3) is 5.56 Å². The number of benzene rings is 1. The lowest BCUT2D eigenvalue weighted by atomic mass is 10.2. The number of aromatic nitrogens is 6. The fraction of sp³-hybridized carbons (Fsp3) is 0.0952. The molecule has 0 amide bonds. The van der Waals surface area contributed by atoms with Gasteiger partial charge in [-0.15, -0.1) is 0 Å². The molecule has 9 nitrogen and oxygen atoms in total. The van der Waals surface area contributed by atoms with Crippen LogP contribution in [0.15, 0.2) is 65.8 Å². The minimum absolute atomic E-state index is 0.227. The van der Waals surface area contributed by atoms with Crippen LogP contribution in [0.5, 0.6) is 0 Å². The molecule has 4 aromatic heterocycles. The molecule has 0 fully saturated rings. The van der Waals surface area contributed by atoms with Gasteiger partial charge in [-0.05, 0) is 30.3 Å². The summed E-state index contributed by atoms with van der Waals surface area (Å²) in [7, 11) is 0. The van der Waals surface area contributed by atoms with Crippen LogP contribution in [0.2, 0.25) is 0 Å². The zero-order valence-corrected chi connectivity index (χ0v) is 15.9. The number of nitrogens with two attached hydrogens (primary N) is 1. The molecule has 0 unspecified atom stereocenters. The first-order valence-electron chi connectivity index (χ1n) is 9.45. The molecule has 5 rings (SSSR count). The Labute approximate surface area is 170 Å². The second-order valence-corrected chi connectivity index (χ2v) is 6.82. The molecule has 4 heterocycles. The van der Waals surface area contributed by atoms with Crippen molar-refractivity contribution in [1.82, 2.24) is 29.7 Å². The van der Waals surface area contributed by atoms with E-state index in [1.807, 2.05) is 24.3 Å². The van der Waals surface area contributed by atoms with E-state index in [4.69, 9.17) is 5.73 Å². The van der Waals surface area contributed by atoms with E-state index in [1.54, 1.807) is 30.6 Å². The van der Waals surface area contributed by atoms with E-state index in [0.717, 1.165) is 12.1 Å². The number of aromatic amines is 1. The first kappa shape index (κ1) is 17.8. The van der Waals surface area contributed by atoms with Gasteiger partial charge in [0.1, 0.15) is 0 Å². The summed E-state index contributed by atoms with van der Waals surface area (Å²) in [6.45, 7) is 0.608. The minimum Gasteiger partial charge on any atom is -0.399 e. The van der Waals surface area contributed by atoms with Gasteiger partial charge in [-0.2, -0.15) is 10.1 Å². The lowest BCUT2D eigenvalue weighted by Crippen LogP contribution is -2.20. The van der Waals surface area contributed by atoms with Crippen molar-refractivity contribution >= 4 is 33.6 Å². The fourth-order valence-electron chi connectivity index (χ4n) is 3.43. The highest BCUT2D eigenvalue weighted by atomic mass is 16.1. The molecule has 4 N–H and O–H groups in total. The highest BCUT2D eigenvalue weighted by molar-refractivity contribution is 6.02. The van der Waals surface area contributed by atoms with Crippen molar-refractivity contribution < 1.29 is 0 Å². The molecule has 9 heteroatoms. The van der Waals surface area contributed by atoms with Gasteiger partial charge in [0.2, 0.25) is 5.95 Å². The number of hydrogen-bond donors (Lipinski definition) is 3. The summed E-state index contributed by atoms with van der Waals surface area (Å²) >= 11 is 0. The fourth-order valence-corrected chi connectivity index (χ4v) is 3.43. The van der Waals surface area contributed by atoms with E-state index < -0.39 is 0 Å². The molecule has 0 aliphatic carbocycles. The van der Waals surface area contributed by atoms with Gasteiger partial charge < -0.3 is 11.1 Å². The summed E-state index contributed by atoms with van der Waals surface area (Å²) in [5.41, 5.74) is 8.96. The molecule has 0 aliphatic rings. The predicted octanol–water partition coefficient (Wildman–Crippen LogP) is 2.29. The summed E-state index contributed by atoms with van der Waals surface area (Å²) in [4.78, 5) is 26.6. The van der Waals surface area contributed by atoms with Crippen LogP contribution in [0.3, 0.4) is 0 Å². The average molecular weight is 398 g/mol. The number of fused-ring (bicyclic) bond motifs is 3. The van der Waals surface area contributed by atoms with Gasteiger partial charge in [0.15, 0.2) is 5.65 Å². The Morgan fingerprint density at radius 1 is 1.07 bits per heavy atom. The molecule has 0 saturated heterocycles. The molecule has 1 aromatic carbocycles. The normalized spacial score (nSPS) is 11.2. The Balaban J connectivity index is 1.60. The summed E-state index contributed by atoms with van der Waals surface area (Å²) < 4.78 is 1.54. The van der Waals surface area contributed by atoms with Gasteiger partial charge in [-0.3, -0.25) is 19.4 Å². The van der Waals surface area contributed by atoms with Crippen molar-refractivity contribution in [1.29, 1.82) is 0 Å². The van der Waals surface area contributed by atoms with Gasteiger partial charge >= 0.3 is 0 Å². The molecule has 0 bridgehead atoms. The van der Waals surface area contributed by atoms with Crippen LogP contribution in [0.25, 0.3) is 27.6 Å². The van der Waals surface area contributed by atoms with Crippen molar-refractivity contribution in [3.63, 3.8) is 0 Å². The monoisotopic (exact) mass is 398 g/mol. The molecule has 148 valence electrons. The van der Waals surface area contributed by atoms with Gasteiger partial charge in [0, 0.05) is 36.7 Å². The van der Waals surface area contributed by atoms with E-state index in [9.17, 15) is 4.79 Å². The zero-order valence-electron chi connectivity index (χ0n) is 15.9. The Bertz CT molecular complexity index is 1410. The SMILES string of the molecule is Nc1cccc(-n2c(=O)c3cn[nH]c3c3cnc(NCCc4ccccn4)nc32)c1. The lowest BCUT2D eigenvalue weighted by Gasteiger charge is -2.12. The molecule has 5 aromatic rings. The molecule has 0 atom stereocenters. The third-order valence-electron chi connectivity index (χ3n) is 4.84. The lowest BCUT2D eigenvalue weighted by molar-refractivity contribution is 0.938. The topological polar surface area (TPSA) is 127 Å². The second-order valence-electron chi connectivity index (χ2n) is 6.82. The van der Waals surface area contributed by atoms with Gasteiger partial charge in [0.05, 0.1) is 28.2 Å². The number of hydrogen-bond acceptors (Lipinski definition) is 7. The van der Waals surface area contributed by atoms with E-state index in [0.29, 0.717) is 45.8 Å². The third-order valence-corrected chi connectivity index (χ3v) is 4.84. The summed E-state index contributed by atoms with van der Waals surface area (Å²) in [6, 6.07) is 12.9. The maximum atomic E-state index is 13.2. The summed E-state index contributed by atoms with van der Waals surface area (Å²) in [5.74, 6) is 0.425. The van der Waals surface area contributed by atoms with Crippen LogP contribution in [-0.2, 0) is 6.42 Å². The Kier molecular flexibility index (Phi) is 4.32. The number of nitrogens with zero attached hydrogens (tertiary/aromatic N) is 5. The highest BCUT2D eigenvalue weighted by Gasteiger charge is 2.16. The molecule has 0 aliphatic heterocycles. The van der Waals surface area contributed by atoms with Crippen LogP contribution in [-0.4, -0.2) is 36.3 Å². The van der Waals surface area contributed by atoms with E-state index in [2.05, 4.69) is 30.5 Å². The molecular weight excluding hydrogens is 380 g/mol.